The van der Waals surface area contributed by atoms with E-state index in [9.17, 15) is 33.9 Å². The quantitative estimate of drug-likeness (QED) is 0.0497. The largest absolute Gasteiger partial charge is 0.497 e. The molecule has 0 aliphatic carbocycles. The molecule has 374 valence electrons. The summed E-state index contributed by atoms with van der Waals surface area (Å²) in [5, 5.41) is 9.60. The predicted molar refractivity (Wildman–Crippen MR) is 255 cm³/mol. The van der Waals surface area contributed by atoms with Gasteiger partial charge in [-0.3, -0.25) is 0 Å². The summed E-state index contributed by atoms with van der Waals surface area (Å²) >= 11 is 0. The zero-order chi connectivity index (χ0) is 51.6. The van der Waals surface area contributed by atoms with E-state index in [0.29, 0.717) is 34.3 Å². The maximum absolute atomic E-state index is 14.5. The van der Waals surface area contributed by atoms with E-state index < -0.39 is 73.4 Å². The van der Waals surface area contributed by atoms with E-state index >= 15 is 0 Å². The fraction of sp³-hybridized carbons (Fsp3) is 0.222. The summed E-state index contributed by atoms with van der Waals surface area (Å²) in [6, 6.07) is 34.4. The molecule has 0 amide bonds. The molecule has 0 fully saturated rings. The fourth-order valence-corrected chi connectivity index (χ4v) is 6.76. The first-order valence-corrected chi connectivity index (χ1v) is 21.9. The van der Waals surface area contributed by atoms with Crippen LogP contribution in [0.1, 0.15) is 67.7 Å². The minimum atomic E-state index is -2.08. The molecule has 0 heterocycles. The van der Waals surface area contributed by atoms with Crippen molar-refractivity contribution in [2.45, 2.75) is 31.0 Å². The Bertz CT molecular complexity index is 2560. The second-order valence-corrected chi connectivity index (χ2v) is 15.3. The average Bonchev–Trinajstić information content (AvgIpc) is 3.43. The maximum Gasteiger partial charge on any atom is 0.338 e. The molecule has 0 bridgehead atoms. The van der Waals surface area contributed by atoms with Crippen molar-refractivity contribution in [3.8, 4) is 28.7 Å². The summed E-state index contributed by atoms with van der Waals surface area (Å²) in [6.07, 6.45) is -8.00. The lowest BCUT2D eigenvalue weighted by Gasteiger charge is -2.35. The van der Waals surface area contributed by atoms with Crippen molar-refractivity contribution < 1.29 is 86.0 Å². The third-order valence-electron chi connectivity index (χ3n) is 10.8. The van der Waals surface area contributed by atoms with Crippen molar-refractivity contribution in [2.24, 2.45) is 0 Å². The van der Waals surface area contributed by atoms with E-state index in [0.717, 1.165) is 0 Å². The number of benzene rings is 6. The molecule has 6 rings (SSSR count). The van der Waals surface area contributed by atoms with Crippen LogP contribution < -0.4 is 23.7 Å². The molecule has 0 radical (unpaired) electrons. The van der Waals surface area contributed by atoms with E-state index in [4.69, 9.17) is 52.1 Å². The van der Waals surface area contributed by atoms with E-state index in [1.807, 2.05) is 0 Å². The Hall–Kier alpha value is -8.90. The SMILES string of the molecule is COc1ccc(C(=O)OCC(OC(=O)c2ccc(OC)cc2)C(OC(=O)c2ccc(OC)cc2)C(OC(=O)c2ccc(OC)cc2)C(COC(=O)c2ccc(CO)cc2)OC(=O)c2ccc(OC)cc2)cc1. The Morgan fingerprint density at radius 2 is 0.556 bits per heavy atom. The summed E-state index contributed by atoms with van der Waals surface area (Å²) in [5.41, 5.74) is 0.287. The van der Waals surface area contributed by atoms with Gasteiger partial charge in [-0.2, -0.15) is 0 Å². The van der Waals surface area contributed by atoms with Gasteiger partial charge in [-0.05, 0) is 139 Å². The number of carbonyl (C=O) groups excluding carboxylic acids is 6. The fourth-order valence-electron chi connectivity index (χ4n) is 6.76. The lowest BCUT2D eigenvalue weighted by atomic mass is 10.0. The van der Waals surface area contributed by atoms with Crippen molar-refractivity contribution in [3.05, 3.63) is 185 Å². The predicted octanol–water partition coefficient (Wildman–Crippen LogP) is 7.14. The van der Waals surface area contributed by atoms with Crippen molar-refractivity contribution in [1.29, 1.82) is 0 Å². The number of hydrogen-bond acceptors (Lipinski definition) is 18. The molecule has 0 spiro atoms. The molecule has 0 saturated carbocycles. The lowest BCUT2D eigenvalue weighted by molar-refractivity contribution is -0.138. The van der Waals surface area contributed by atoms with Gasteiger partial charge in [-0.1, -0.05) is 12.1 Å². The van der Waals surface area contributed by atoms with E-state index in [-0.39, 0.29) is 40.0 Å². The van der Waals surface area contributed by atoms with Crippen LogP contribution in [0, 0.1) is 0 Å². The standard InChI is InChI=1S/C54H50O18/c1-62-40-20-10-35(11-21-40)50(57)68-32-46(70-52(59)37-14-24-42(64-3)25-15-37)48(72-54(61)39-18-28-44(66-5)29-19-39)47(71-53(60)38-16-26-43(65-4)27-17-38)45(69-51(58)36-12-22-41(63-2)23-13-36)31-67-49(56)34-8-6-33(30-55)7-9-34/h6-29,45-48,55H,30-32H2,1-5H3. The Kier molecular flexibility index (Phi) is 18.7. The van der Waals surface area contributed by atoms with Crippen molar-refractivity contribution in [1.82, 2.24) is 0 Å². The summed E-state index contributed by atoms with van der Waals surface area (Å²) in [6.45, 7) is -2.10. The van der Waals surface area contributed by atoms with Crippen LogP contribution in [0.5, 0.6) is 28.7 Å². The second-order valence-electron chi connectivity index (χ2n) is 15.3. The maximum atomic E-state index is 14.5. The van der Waals surface area contributed by atoms with Crippen LogP contribution in [0.4, 0.5) is 0 Å². The number of rotatable bonds is 23. The van der Waals surface area contributed by atoms with Crippen molar-refractivity contribution >= 4 is 35.8 Å². The zero-order valence-electron chi connectivity index (χ0n) is 39.7. The number of ether oxygens (including phenoxy) is 11. The van der Waals surface area contributed by atoms with Gasteiger partial charge in [0.05, 0.1) is 75.5 Å². The molecule has 6 aromatic carbocycles. The Morgan fingerprint density at radius 1 is 0.333 bits per heavy atom. The van der Waals surface area contributed by atoms with Crippen LogP contribution >= 0.6 is 0 Å². The topological polar surface area (TPSA) is 224 Å². The number of esters is 6. The van der Waals surface area contributed by atoms with E-state index in [1.54, 1.807) is 0 Å². The number of hydrogen-bond donors (Lipinski definition) is 1. The van der Waals surface area contributed by atoms with Gasteiger partial charge in [0.25, 0.3) is 0 Å². The van der Waals surface area contributed by atoms with Crippen LogP contribution in [-0.2, 0) is 35.0 Å². The molecular formula is C54H50O18. The highest BCUT2D eigenvalue weighted by Gasteiger charge is 2.46. The second kappa shape index (κ2) is 25.6. The highest BCUT2D eigenvalue weighted by molar-refractivity contribution is 5.93. The molecular weight excluding hydrogens is 937 g/mol. The molecule has 6 aromatic rings. The summed E-state index contributed by atoms with van der Waals surface area (Å²) in [7, 11) is 7.14. The first kappa shape index (κ1) is 52.5. The Morgan fingerprint density at radius 3 is 0.792 bits per heavy atom. The monoisotopic (exact) mass is 986 g/mol. The van der Waals surface area contributed by atoms with Crippen LogP contribution in [0.15, 0.2) is 146 Å². The molecule has 4 atom stereocenters. The summed E-state index contributed by atoms with van der Waals surface area (Å²) < 4.78 is 62.4. The molecule has 18 nitrogen and oxygen atoms in total. The van der Waals surface area contributed by atoms with Gasteiger partial charge in [-0.25, -0.2) is 28.8 Å². The first-order valence-electron chi connectivity index (χ1n) is 21.9. The minimum Gasteiger partial charge on any atom is -0.497 e. The summed E-state index contributed by atoms with van der Waals surface area (Å²) in [4.78, 5) is 84.8. The van der Waals surface area contributed by atoms with Crippen LogP contribution in [0.3, 0.4) is 0 Å². The first-order chi connectivity index (χ1) is 34.9. The highest BCUT2D eigenvalue weighted by atomic mass is 16.6. The van der Waals surface area contributed by atoms with Gasteiger partial charge < -0.3 is 57.2 Å². The number of aliphatic hydroxyl groups is 1. The molecule has 0 aliphatic rings. The molecule has 72 heavy (non-hydrogen) atoms. The lowest BCUT2D eigenvalue weighted by Crippen LogP contribution is -2.54. The molecule has 4 unspecified atom stereocenters. The van der Waals surface area contributed by atoms with E-state index in [2.05, 4.69) is 0 Å². The minimum absolute atomic E-state index is 0.0124. The van der Waals surface area contributed by atoms with Crippen LogP contribution in [0.25, 0.3) is 0 Å². The number of carbonyl (C=O) groups is 6. The van der Waals surface area contributed by atoms with Gasteiger partial charge in [0.2, 0.25) is 0 Å². The molecule has 0 aromatic heterocycles. The van der Waals surface area contributed by atoms with Gasteiger partial charge in [0.1, 0.15) is 42.0 Å². The average molecular weight is 987 g/mol. The number of methoxy groups -OCH3 is 5. The molecule has 1 N–H and O–H groups in total. The molecule has 0 aliphatic heterocycles. The van der Waals surface area contributed by atoms with Gasteiger partial charge in [0, 0.05) is 0 Å². The van der Waals surface area contributed by atoms with Crippen LogP contribution in [-0.4, -0.2) is 114 Å². The van der Waals surface area contributed by atoms with Gasteiger partial charge in [0.15, 0.2) is 24.4 Å². The third kappa shape index (κ3) is 14.1. The van der Waals surface area contributed by atoms with Crippen molar-refractivity contribution in [3.63, 3.8) is 0 Å². The smallest absolute Gasteiger partial charge is 0.338 e. The summed E-state index contributed by atoms with van der Waals surface area (Å²) in [5.74, 6) is -4.18. The molecule has 0 saturated heterocycles. The molecule has 18 heteroatoms. The Balaban J connectivity index is 1.52. The van der Waals surface area contributed by atoms with Crippen LogP contribution in [0.2, 0.25) is 0 Å². The van der Waals surface area contributed by atoms with Gasteiger partial charge in [-0.15, -0.1) is 0 Å². The van der Waals surface area contributed by atoms with E-state index in [1.165, 1.54) is 181 Å². The zero-order valence-corrected chi connectivity index (χ0v) is 39.7. The normalized spacial score (nSPS) is 12.3. The number of aliphatic hydroxyl groups excluding tert-OH is 1. The third-order valence-corrected chi connectivity index (χ3v) is 10.8. The van der Waals surface area contributed by atoms with Crippen molar-refractivity contribution in [2.75, 3.05) is 48.8 Å². The van der Waals surface area contributed by atoms with Gasteiger partial charge >= 0.3 is 35.8 Å². The highest BCUT2D eigenvalue weighted by Crippen LogP contribution is 2.27. The Labute approximate surface area is 413 Å².